The van der Waals surface area contributed by atoms with Gasteiger partial charge in [-0.05, 0) is 37.5 Å². The zero-order valence-corrected chi connectivity index (χ0v) is 9.41. The number of rotatable bonds is 5. The topological polar surface area (TPSA) is 35.5 Å². The molecule has 1 aliphatic carbocycles. The smallest absolute Gasteiger partial charge is 0.305 e. The van der Waals surface area contributed by atoms with E-state index in [0.717, 1.165) is 32.3 Å². The van der Waals surface area contributed by atoms with Crippen molar-refractivity contribution in [2.75, 3.05) is 13.7 Å². The molecule has 0 aromatic carbocycles. The van der Waals surface area contributed by atoms with Crippen LogP contribution in [0, 0.1) is 11.8 Å². The number of hydrogen-bond donors (Lipinski definition) is 0. The van der Waals surface area contributed by atoms with Crippen LogP contribution in [0.5, 0.6) is 0 Å². The molecule has 0 heterocycles. The molecule has 86 valence electrons. The van der Waals surface area contributed by atoms with E-state index >= 15 is 0 Å². The van der Waals surface area contributed by atoms with Gasteiger partial charge in [0.1, 0.15) is 0 Å². The molecule has 0 aliphatic heterocycles. The largest absolute Gasteiger partial charge is 0.502 e. The van der Waals surface area contributed by atoms with E-state index in [2.05, 4.69) is 11.3 Å². The van der Waals surface area contributed by atoms with Gasteiger partial charge in [0, 0.05) is 6.42 Å². The molecule has 0 bridgehead atoms. The van der Waals surface area contributed by atoms with Crippen LogP contribution in [0.4, 0.5) is 0 Å². The molecule has 0 aromatic heterocycles. The Hall–Kier alpha value is -0.990. The first kappa shape index (κ1) is 12.1. The number of carbonyl (C=O) groups excluding carboxylic acids is 1. The highest BCUT2D eigenvalue weighted by atomic mass is 16.5. The van der Waals surface area contributed by atoms with Gasteiger partial charge >= 0.3 is 5.97 Å². The minimum absolute atomic E-state index is 0.0826. The van der Waals surface area contributed by atoms with Crippen molar-refractivity contribution >= 4 is 5.97 Å². The van der Waals surface area contributed by atoms with Crippen LogP contribution < -0.4 is 0 Å². The molecule has 0 spiro atoms. The molecular formula is C12H20O3. The number of hydrogen-bond acceptors (Lipinski definition) is 3. The van der Waals surface area contributed by atoms with Gasteiger partial charge in [-0.15, -0.1) is 0 Å². The molecule has 15 heavy (non-hydrogen) atoms. The summed E-state index contributed by atoms with van der Waals surface area (Å²) in [5, 5.41) is 0. The third-order valence-corrected chi connectivity index (χ3v) is 3.10. The standard InChI is InChI=1S/C12H20O3/c1-3-15-9-11-6-4-10(5-7-11)8-12(13)14-2/h3,10-11H,1,4-9H2,2H3. The summed E-state index contributed by atoms with van der Waals surface area (Å²) in [5.74, 6) is 1.06. The van der Waals surface area contributed by atoms with Crippen molar-refractivity contribution in [1.82, 2.24) is 0 Å². The Labute approximate surface area is 91.4 Å². The van der Waals surface area contributed by atoms with Gasteiger partial charge in [0.05, 0.1) is 20.0 Å². The van der Waals surface area contributed by atoms with Gasteiger partial charge in [0.25, 0.3) is 0 Å². The highest BCUT2D eigenvalue weighted by molar-refractivity contribution is 5.69. The van der Waals surface area contributed by atoms with E-state index in [1.807, 2.05) is 0 Å². The van der Waals surface area contributed by atoms with Crippen molar-refractivity contribution in [2.24, 2.45) is 11.8 Å². The monoisotopic (exact) mass is 212 g/mol. The summed E-state index contributed by atoms with van der Waals surface area (Å²) in [7, 11) is 1.45. The fraction of sp³-hybridized carbons (Fsp3) is 0.750. The van der Waals surface area contributed by atoms with Crippen LogP contribution in [0.25, 0.3) is 0 Å². The van der Waals surface area contributed by atoms with Gasteiger partial charge < -0.3 is 9.47 Å². The average Bonchev–Trinajstić information content (AvgIpc) is 2.28. The van der Waals surface area contributed by atoms with E-state index in [9.17, 15) is 4.79 Å². The first-order chi connectivity index (χ1) is 7.26. The van der Waals surface area contributed by atoms with E-state index < -0.39 is 0 Å². The van der Waals surface area contributed by atoms with Gasteiger partial charge in [-0.1, -0.05) is 6.58 Å². The average molecular weight is 212 g/mol. The molecule has 1 aliphatic rings. The normalized spacial score (nSPS) is 25.7. The molecule has 1 rings (SSSR count). The summed E-state index contributed by atoms with van der Waals surface area (Å²) >= 11 is 0. The Morgan fingerprint density at radius 2 is 1.93 bits per heavy atom. The van der Waals surface area contributed by atoms with E-state index in [1.165, 1.54) is 13.4 Å². The van der Waals surface area contributed by atoms with Crippen LogP contribution >= 0.6 is 0 Å². The predicted molar refractivity (Wildman–Crippen MR) is 58.2 cm³/mol. The summed E-state index contributed by atoms with van der Waals surface area (Å²) in [5.41, 5.74) is 0. The maximum atomic E-state index is 11.1. The van der Waals surface area contributed by atoms with E-state index in [1.54, 1.807) is 0 Å². The van der Waals surface area contributed by atoms with Crippen molar-refractivity contribution in [3.63, 3.8) is 0 Å². The molecule has 0 N–H and O–H groups in total. The third-order valence-electron chi connectivity index (χ3n) is 3.10. The second-order valence-corrected chi connectivity index (χ2v) is 4.17. The lowest BCUT2D eigenvalue weighted by atomic mass is 9.81. The summed E-state index contributed by atoms with van der Waals surface area (Å²) in [6.45, 7) is 4.30. The van der Waals surface area contributed by atoms with Gasteiger partial charge in [0.2, 0.25) is 0 Å². The Balaban J connectivity index is 2.17. The van der Waals surface area contributed by atoms with Gasteiger partial charge in [-0.2, -0.15) is 0 Å². The number of ether oxygens (including phenoxy) is 2. The highest BCUT2D eigenvalue weighted by Gasteiger charge is 2.23. The molecule has 3 nitrogen and oxygen atoms in total. The van der Waals surface area contributed by atoms with Crippen LogP contribution in [0.3, 0.4) is 0 Å². The zero-order chi connectivity index (χ0) is 11.1. The van der Waals surface area contributed by atoms with Crippen LogP contribution in [-0.2, 0) is 14.3 Å². The molecule has 0 saturated heterocycles. The lowest BCUT2D eigenvalue weighted by Gasteiger charge is -2.27. The van der Waals surface area contributed by atoms with Crippen LogP contribution in [0.15, 0.2) is 12.8 Å². The van der Waals surface area contributed by atoms with Gasteiger partial charge in [0.15, 0.2) is 0 Å². The zero-order valence-electron chi connectivity index (χ0n) is 9.41. The summed E-state index contributed by atoms with van der Waals surface area (Å²) in [4.78, 5) is 11.1. The van der Waals surface area contributed by atoms with Crippen molar-refractivity contribution in [3.8, 4) is 0 Å². The van der Waals surface area contributed by atoms with E-state index in [-0.39, 0.29) is 5.97 Å². The molecule has 0 radical (unpaired) electrons. The minimum Gasteiger partial charge on any atom is -0.502 e. The maximum absolute atomic E-state index is 11.1. The predicted octanol–water partition coefficient (Wildman–Crippen LogP) is 2.52. The van der Waals surface area contributed by atoms with Gasteiger partial charge in [-0.25, -0.2) is 0 Å². The first-order valence-electron chi connectivity index (χ1n) is 5.55. The lowest BCUT2D eigenvalue weighted by molar-refractivity contribution is -0.142. The van der Waals surface area contributed by atoms with Crippen molar-refractivity contribution in [1.29, 1.82) is 0 Å². The van der Waals surface area contributed by atoms with Crippen molar-refractivity contribution < 1.29 is 14.3 Å². The molecule has 1 saturated carbocycles. The number of carbonyl (C=O) groups is 1. The molecule has 0 unspecified atom stereocenters. The second-order valence-electron chi connectivity index (χ2n) is 4.17. The van der Waals surface area contributed by atoms with Crippen LogP contribution in [0.2, 0.25) is 0 Å². The third kappa shape index (κ3) is 4.36. The summed E-state index contributed by atoms with van der Waals surface area (Å²) in [6.07, 6.45) is 6.59. The molecule has 3 heteroatoms. The molecule has 1 fully saturated rings. The fourth-order valence-corrected chi connectivity index (χ4v) is 2.13. The highest BCUT2D eigenvalue weighted by Crippen LogP contribution is 2.31. The molecule has 0 atom stereocenters. The van der Waals surface area contributed by atoms with Crippen molar-refractivity contribution in [2.45, 2.75) is 32.1 Å². The maximum Gasteiger partial charge on any atom is 0.305 e. The number of esters is 1. The lowest BCUT2D eigenvalue weighted by Crippen LogP contribution is -2.20. The van der Waals surface area contributed by atoms with E-state index in [0.29, 0.717) is 18.3 Å². The SMILES string of the molecule is C=COCC1CCC(CC(=O)OC)CC1. The van der Waals surface area contributed by atoms with Crippen LogP contribution in [-0.4, -0.2) is 19.7 Å². The molecular weight excluding hydrogens is 192 g/mol. The summed E-state index contributed by atoms with van der Waals surface area (Å²) in [6, 6.07) is 0. The van der Waals surface area contributed by atoms with E-state index in [4.69, 9.17) is 4.74 Å². The second kappa shape index (κ2) is 6.49. The fourth-order valence-electron chi connectivity index (χ4n) is 2.13. The quantitative estimate of drug-likeness (QED) is 0.519. The van der Waals surface area contributed by atoms with Crippen LogP contribution in [0.1, 0.15) is 32.1 Å². The first-order valence-corrected chi connectivity index (χ1v) is 5.55. The Bertz CT molecular complexity index is 205. The minimum atomic E-state index is -0.0826. The summed E-state index contributed by atoms with van der Waals surface area (Å²) < 4.78 is 9.85. The van der Waals surface area contributed by atoms with Gasteiger partial charge in [-0.3, -0.25) is 4.79 Å². The number of methoxy groups -OCH3 is 1. The van der Waals surface area contributed by atoms with Crippen molar-refractivity contribution in [3.05, 3.63) is 12.8 Å². The molecule has 0 aromatic rings. The molecule has 0 amide bonds. The Kier molecular flexibility index (Phi) is 5.22. The Morgan fingerprint density at radius 1 is 1.33 bits per heavy atom. The Morgan fingerprint density at radius 3 is 2.47 bits per heavy atom.